The molecule has 0 bridgehead atoms. The SMILES string of the molecule is C=O.CCC(CC[N+](=O)[O-])[N+](=O)[O-]. The highest BCUT2D eigenvalue weighted by atomic mass is 16.6. The summed E-state index contributed by atoms with van der Waals surface area (Å²) in [6, 6.07) is -0.764. The normalized spacial score (nSPS) is 10.8. The molecule has 0 aliphatic heterocycles. The first-order valence-corrected chi connectivity index (χ1v) is 3.62. The van der Waals surface area contributed by atoms with Crippen LogP contribution >= 0.6 is 0 Å². The molecule has 0 spiro atoms. The number of rotatable bonds is 5. The van der Waals surface area contributed by atoms with Gasteiger partial charge in [-0.1, -0.05) is 6.92 Å². The van der Waals surface area contributed by atoms with Crippen molar-refractivity contribution < 1.29 is 14.6 Å². The second-order valence-electron chi connectivity index (χ2n) is 2.19. The molecule has 0 rings (SSSR count). The van der Waals surface area contributed by atoms with Crippen LogP contribution in [-0.2, 0) is 4.79 Å². The van der Waals surface area contributed by atoms with Gasteiger partial charge in [0.1, 0.15) is 6.79 Å². The van der Waals surface area contributed by atoms with Crippen molar-refractivity contribution in [3.63, 3.8) is 0 Å². The third-order valence-electron chi connectivity index (χ3n) is 1.41. The molecular formula is C6H12N2O5. The van der Waals surface area contributed by atoms with Gasteiger partial charge >= 0.3 is 0 Å². The predicted octanol–water partition coefficient (Wildman–Crippen LogP) is 0.524. The van der Waals surface area contributed by atoms with Crippen LogP contribution in [0.25, 0.3) is 0 Å². The predicted molar refractivity (Wildman–Crippen MR) is 44.7 cm³/mol. The number of hydrogen-bond acceptors (Lipinski definition) is 5. The molecule has 0 N–H and O–H groups in total. The molecule has 1 atom stereocenters. The number of nitrogens with zero attached hydrogens (tertiary/aromatic N) is 2. The second kappa shape index (κ2) is 8.57. The van der Waals surface area contributed by atoms with Crippen molar-refractivity contribution in [1.82, 2.24) is 0 Å². The Morgan fingerprint density at radius 3 is 2.00 bits per heavy atom. The fourth-order valence-electron chi connectivity index (χ4n) is 0.713. The van der Waals surface area contributed by atoms with E-state index in [4.69, 9.17) is 4.79 Å². The highest BCUT2D eigenvalue weighted by Crippen LogP contribution is 2.01. The van der Waals surface area contributed by atoms with E-state index in [1.165, 1.54) is 0 Å². The zero-order valence-electron chi connectivity index (χ0n) is 7.34. The maximum absolute atomic E-state index is 10.1. The zero-order chi connectivity index (χ0) is 10.9. The van der Waals surface area contributed by atoms with Gasteiger partial charge in [0.2, 0.25) is 12.6 Å². The minimum atomic E-state index is -0.764. The Morgan fingerprint density at radius 2 is 1.77 bits per heavy atom. The van der Waals surface area contributed by atoms with Gasteiger partial charge in [-0.3, -0.25) is 20.2 Å². The van der Waals surface area contributed by atoms with E-state index >= 15 is 0 Å². The van der Waals surface area contributed by atoms with E-state index in [2.05, 4.69) is 0 Å². The van der Waals surface area contributed by atoms with Crippen molar-refractivity contribution in [3.8, 4) is 0 Å². The molecule has 0 saturated carbocycles. The highest BCUT2D eigenvalue weighted by Gasteiger charge is 2.19. The fraction of sp³-hybridized carbons (Fsp3) is 0.833. The molecule has 0 amide bonds. The van der Waals surface area contributed by atoms with E-state index in [1.54, 1.807) is 6.92 Å². The number of carbonyl (C=O) groups excluding carboxylic acids is 1. The van der Waals surface area contributed by atoms with Crippen LogP contribution in [-0.4, -0.2) is 29.2 Å². The third-order valence-corrected chi connectivity index (χ3v) is 1.41. The molecule has 7 nitrogen and oxygen atoms in total. The topological polar surface area (TPSA) is 103 Å². The largest absolute Gasteiger partial charge is 0.307 e. The zero-order valence-corrected chi connectivity index (χ0v) is 7.34. The van der Waals surface area contributed by atoms with Crippen molar-refractivity contribution in [2.45, 2.75) is 25.8 Å². The molecule has 0 aliphatic carbocycles. The summed E-state index contributed by atoms with van der Waals surface area (Å²) >= 11 is 0. The summed E-state index contributed by atoms with van der Waals surface area (Å²) in [6.07, 6.45) is 0.372. The molecule has 1 unspecified atom stereocenters. The quantitative estimate of drug-likeness (QED) is 0.466. The molecule has 0 aliphatic rings. The Morgan fingerprint density at radius 1 is 1.31 bits per heavy atom. The second-order valence-corrected chi connectivity index (χ2v) is 2.19. The number of carbonyl (C=O) groups is 1. The molecule has 0 aromatic heterocycles. The van der Waals surface area contributed by atoms with Gasteiger partial charge in [-0.05, 0) is 0 Å². The summed E-state index contributed by atoms with van der Waals surface area (Å²) in [4.78, 5) is 26.9. The maximum atomic E-state index is 10.1. The van der Waals surface area contributed by atoms with Gasteiger partial charge in [0.05, 0.1) is 6.42 Å². The smallest absolute Gasteiger partial charge is 0.219 e. The first-order chi connectivity index (χ1) is 6.07. The van der Waals surface area contributed by atoms with Gasteiger partial charge in [0.15, 0.2) is 0 Å². The summed E-state index contributed by atoms with van der Waals surface area (Å²) in [5.41, 5.74) is 0. The third kappa shape index (κ3) is 8.38. The van der Waals surface area contributed by atoms with Gasteiger partial charge < -0.3 is 4.79 Å². The van der Waals surface area contributed by atoms with E-state index < -0.39 is 15.9 Å². The van der Waals surface area contributed by atoms with E-state index in [0.717, 1.165) is 0 Å². The highest BCUT2D eigenvalue weighted by molar-refractivity contribution is 5.10. The Balaban J connectivity index is 0. The van der Waals surface area contributed by atoms with Crippen LogP contribution in [0, 0.1) is 20.2 Å². The summed E-state index contributed by atoms with van der Waals surface area (Å²) in [5, 5.41) is 20.0. The molecule has 13 heavy (non-hydrogen) atoms. The van der Waals surface area contributed by atoms with Crippen molar-refractivity contribution in [1.29, 1.82) is 0 Å². The first-order valence-electron chi connectivity index (χ1n) is 3.62. The molecular weight excluding hydrogens is 180 g/mol. The average molecular weight is 192 g/mol. The van der Waals surface area contributed by atoms with Crippen LogP contribution in [0.15, 0.2) is 0 Å². The summed E-state index contributed by atoms with van der Waals surface area (Å²) in [6.45, 7) is 3.33. The van der Waals surface area contributed by atoms with Crippen LogP contribution in [0.1, 0.15) is 19.8 Å². The van der Waals surface area contributed by atoms with Gasteiger partial charge in [0.25, 0.3) is 0 Å². The summed E-state index contributed by atoms with van der Waals surface area (Å²) in [7, 11) is 0. The molecule has 0 saturated heterocycles. The van der Waals surface area contributed by atoms with Crippen LogP contribution in [0.5, 0.6) is 0 Å². The Hall–Kier alpha value is -1.53. The minimum Gasteiger partial charge on any atom is -0.307 e. The standard InChI is InChI=1S/C5H10N2O4.CH2O/c1-2-5(7(10)11)3-4-6(8)9;1-2/h5H,2-4H2,1H3;1H2. The number of nitro groups is 2. The molecule has 76 valence electrons. The van der Waals surface area contributed by atoms with Crippen molar-refractivity contribution in [2.24, 2.45) is 0 Å². The van der Waals surface area contributed by atoms with Crippen molar-refractivity contribution in [2.75, 3.05) is 6.54 Å². The van der Waals surface area contributed by atoms with E-state index in [9.17, 15) is 20.2 Å². The van der Waals surface area contributed by atoms with Gasteiger partial charge in [-0.2, -0.15) is 0 Å². The lowest BCUT2D eigenvalue weighted by atomic mass is 10.2. The lowest BCUT2D eigenvalue weighted by Gasteiger charge is -2.01. The molecule has 0 fully saturated rings. The summed E-state index contributed by atoms with van der Waals surface area (Å²) in [5.74, 6) is 0. The van der Waals surface area contributed by atoms with Gasteiger partial charge in [-0.15, -0.1) is 0 Å². The van der Waals surface area contributed by atoms with Crippen LogP contribution in [0.3, 0.4) is 0 Å². The molecule has 0 aromatic rings. The van der Waals surface area contributed by atoms with Gasteiger partial charge in [0, 0.05) is 16.3 Å². The van der Waals surface area contributed by atoms with Crippen molar-refractivity contribution >= 4 is 6.79 Å². The lowest BCUT2D eigenvalue weighted by molar-refractivity contribution is -0.541. The van der Waals surface area contributed by atoms with Gasteiger partial charge in [-0.25, -0.2) is 0 Å². The lowest BCUT2D eigenvalue weighted by Crippen LogP contribution is -2.21. The summed E-state index contributed by atoms with van der Waals surface area (Å²) < 4.78 is 0. The minimum absolute atomic E-state index is 0.0243. The van der Waals surface area contributed by atoms with Crippen molar-refractivity contribution in [3.05, 3.63) is 20.2 Å². The van der Waals surface area contributed by atoms with E-state index in [0.29, 0.717) is 6.42 Å². The maximum Gasteiger partial charge on any atom is 0.219 e. The van der Waals surface area contributed by atoms with Crippen LogP contribution in [0.2, 0.25) is 0 Å². The van der Waals surface area contributed by atoms with Crippen LogP contribution in [0.4, 0.5) is 0 Å². The Bertz CT molecular complexity index is 172. The average Bonchev–Trinajstić information content (AvgIpc) is 2.08. The Labute approximate surface area is 75.0 Å². The van der Waals surface area contributed by atoms with E-state index in [-0.39, 0.29) is 13.0 Å². The van der Waals surface area contributed by atoms with Crippen LogP contribution < -0.4 is 0 Å². The monoisotopic (exact) mass is 192 g/mol. The molecule has 0 heterocycles. The molecule has 7 heteroatoms. The van der Waals surface area contributed by atoms with E-state index in [1.807, 2.05) is 6.79 Å². The molecule has 0 aromatic carbocycles. The fourth-order valence-corrected chi connectivity index (χ4v) is 0.713. The Kier molecular flexibility index (Phi) is 9.24. The first kappa shape index (κ1) is 14.0. The molecule has 0 radical (unpaired) electrons. The number of hydrogen-bond donors (Lipinski definition) is 0.